The highest BCUT2D eigenvalue weighted by atomic mass is 16.2. The molecule has 0 fully saturated rings. The van der Waals surface area contributed by atoms with Gasteiger partial charge in [0.1, 0.15) is 12.2 Å². The fraction of sp³-hybridized carbons (Fsp3) is 0.214. The monoisotopic (exact) mass is 241 g/mol. The molecule has 3 rings (SSSR count). The van der Waals surface area contributed by atoms with Crippen LogP contribution in [0.15, 0.2) is 48.7 Å². The molecule has 2 unspecified atom stereocenters. The van der Waals surface area contributed by atoms with Gasteiger partial charge in [0, 0.05) is 12.7 Å². The molecule has 3 N–H and O–H groups in total. The van der Waals surface area contributed by atoms with Gasteiger partial charge in [-0.15, -0.1) is 0 Å². The SMILES string of the molecule is NC1C(=O)NC(N2C=CC=CC2)c2ccccc21. The summed E-state index contributed by atoms with van der Waals surface area (Å²) < 4.78 is 0. The molecule has 2 aliphatic heterocycles. The molecule has 4 heteroatoms. The van der Waals surface area contributed by atoms with Crippen molar-refractivity contribution < 1.29 is 4.79 Å². The summed E-state index contributed by atoms with van der Waals surface area (Å²) in [6.45, 7) is 0.783. The second-order valence-electron chi connectivity index (χ2n) is 4.48. The Hall–Kier alpha value is -2.07. The molecule has 0 spiro atoms. The van der Waals surface area contributed by atoms with Crippen molar-refractivity contribution in [3.63, 3.8) is 0 Å². The van der Waals surface area contributed by atoms with Crippen LogP contribution >= 0.6 is 0 Å². The predicted octanol–water partition coefficient (Wildman–Crippen LogP) is 1.20. The maximum absolute atomic E-state index is 11.9. The quantitative estimate of drug-likeness (QED) is 0.776. The normalized spacial score (nSPS) is 25.8. The third kappa shape index (κ3) is 1.71. The number of hydrogen-bond donors (Lipinski definition) is 2. The van der Waals surface area contributed by atoms with Gasteiger partial charge in [0.05, 0.1) is 0 Å². The van der Waals surface area contributed by atoms with Crippen molar-refractivity contribution in [2.45, 2.75) is 12.2 Å². The van der Waals surface area contributed by atoms with Gasteiger partial charge < -0.3 is 16.0 Å². The maximum Gasteiger partial charge on any atom is 0.243 e. The van der Waals surface area contributed by atoms with Crippen LogP contribution in [-0.2, 0) is 4.79 Å². The first kappa shape index (κ1) is 11.0. The van der Waals surface area contributed by atoms with Crippen LogP contribution in [0.1, 0.15) is 23.3 Å². The molecular weight excluding hydrogens is 226 g/mol. The fourth-order valence-electron chi connectivity index (χ4n) is 2.42. The van der Waals surface area contributed by atoms with Gasteiger partial charge in [-0.05, 0) is 17.2 Å². The highest BCUT2D eigenvalue weighted by Crippen LogP contribution is 2.30. The minimum Gasteiger partial charge on any atom is -0.350 e. The van der Waals surface area contributed by atoms with E-state index in [1.54, 1.807) is 0 Å². The molecule has 0 saturated heterocycles. The lowest BCUT2D eigenvalue weighted by molar-refractivity contribution is -0.125. The van der Waals surface area contributed by atoms with Gasteiger partial charge in [-0.3, -0.25) is 4.79 Å². The zero-order valence-electron chi connectivity index (χ0n) is 9.91. The first-order chi connectivity index (χ1) is 8.77. The van der Waals surface area contributed by atoms with Crippen LogP contribution in [0.5, 0.6) is 0 Å². The molecule has 4 nitrogen and oxygen atoms in total. The van der Waals surface area contributed by atoms with Gasteiger partial charge in [0.25, 0.3) is 0 Å². The third-order valence-electron chi connectivity index (χ3n) is 3.36. The molecular formula is C14H15N3O. The third-order valence-corrected chi connectivity index (χ3v) is 3.36. The lowest BCUT2D eigenvalue weighted by Crippen LogP contribution is -2.47. The molecule has 18 heavy (non-hydrogen) atoms. The maximum atomic E-state index is 11.9. The number of nitrogens with zero attached hydrogens (tertiary/aromatic N) is 1. The van der Waals surface area contributed by atoms with Gasteiger partial charge in [0.2, 0.25) is 5.91 Å². The molecule has 0 aromatic heterocycles. The van der Waals surface area contributed by atoms with Crippen LogP contribution in [0.25, 0.3) is 0 Å². The van der Waals surface area contributed by atoms with Crippen LogP contribution in [0, 0.1) is 0 Å². The van der Waals surface area contributed by atoms with Gasteiger partial charge in [-0.1, -0.05) is 36.4 Å². The summed E-state index contributed by atoms with van der Waals surface area (Å²) in [5, 5.41) is 2.97. The Labute approximate surface area is 106 Å². The van der Waals surface area contributed by atoms with E-state index in [1.807, 2.05) is 42.6 Å². The number of carbonyl (C=O) groups is 1. The van der Waals surface area contributed by atoms with E-state index in [-0.39, 0.29) is 12.1 Å². The first-order valence-corrected chi connectivity index (χ1v) is 6.01. The summed E-state index contributed by atoms with van der Waals surface area (Å²) in [6, 6.07) is 7.27. The van der Waals surface area contributed by atoms with E-state index in [9.17, 15) is 4.79 Å². The van der Waals surface area contributed by atoms with E-state index < -0.39 is 6.04 Å². The van der Waals surface area contributed by atoms with Crippen molar-refractivity contribution in [1.82, 2.24) is 10.2 Å². The molecule has 0 bridgehead atoms. The summed E-state index contributed by atoms with van der Waals surface area (Å²) in [6.07, 6.45) is 7.88. The van der Waals surface area contributed by atoms with Crippen LogP contribution < -0.4 is 11.1 Å². The van der Waals surface area contributed by atoms with Crippen molar-refractivity contribution in [2.24, 2.45) is 5.73 Å². The predicted molar refractivity (Wildman–Crippen MR) is 69.2 cm³/mol. The average Bonchev–Trinajstić information content (AvgIpc) is 2.44. The second-order valence-corrected chi connectivity index (χ2v) is 4.48. The molecule has 2 heterocycles. The van der Waals surface area contributed by atoms with Gasteiger partial charge in [0.15, 0.2) is 0 Å². The molecule has 2 atom stereocenters. The number of allylic oxidation sites excluding steroid dienone is 2. The van der Waals surface area contributed by atoms with Gasteiger partial charge >= 0.3 is 0 Å². The van der Waals surface area contributed by atoms with E-state index in [0.717, 1.165) is 17.7 Å². The van der Waals surface area contributed by atoms with Crippen LogP contribution in [0.3, 0.4) is 0 Å². The number of nitrogens with two attached hydrogens (primary N) is 1. The minimum absolute atomic E-state index is 0.123. The summed E-state index contributed by atoms with van der Waals surface area (Å²) in [4.78, 5) is 14.0. The second kappa shape index (κ2) is 4.31. The summed E-state index contributed by atoms with van der Waals surface area (Å²) in [5.41, 5.74) is 7.90. The zero-order valence-corrected chi connectivity index (χ0v) is 9.91. The standard InChI is InChI=1S/C14H15N3O/c15-12-10-6-2-3-7-11(10)13(16-14(12)18)17-8-4-1-5-9-17/h1-8,12-13H,9,15H2,(H,16,18). The lowest BCUT2D eigenvalue weighted by atomic mass is 9.93. The van der Waals surface area contributed by atoms with E-state index in [2.05, 4.69) is 16.3 Å². The Bertz CT molecular complexity index is 536. The number of benzene rings is 1. The Kier molecular flexibility index (Phi) is 2.64. The van der Waals surface area contributed by atoms with Crippen LogP contribution in [0.4, 0.5) is 0 Å². The number of nitrogens with one attached hydrogen (secondary N) is 1. The molecule has 92 valence electrons. The van der Waals surface area contributed by atoms with Crippen molar-refractivity contribution in [3.8, 4) is 0 Å². The largest absolute Gasteiger partial charge is 0.350 e. The van der Waals surface area contributed by atoms with E-state index >= 15 is 0 Å². The smallest absolute Gasteiger partial charge is 0.243 e. The highest BCUT2D eigenvalue weighted by Gasteiger charge is 2.32. The van der Waals surface area contributed by atoms with Crippen molar-refractivity contribution >= 4 is 5.91 Å². The first-order valence-electron chi connectivity index (χ1n) is 6.01. The van der Waals surface area contributed by atoms with Crippen molar-refractivity contribution in [1.29, 1.82) is 0 Å². The fourth-order valence-corrected chi connectivity index (χ4v) is 2.42. The van der Waals surface area contributed by atoms with E-state index in [0.29, 0.717) is 0 Å². The Morgan fingerprint density at radius 3 is 2.72 bits per heavy atom. The van der Waals surface area contributed by atoms with Gasteiger partial charge in [-0.25, -0.2) is 0 Å². The minimum atomic E-state index is -0.568. The number of carbonyl (C=O) groups excluding carboxylic acids is 1. The Balaban J connectivity index is 2.01. The zero-order chi connectivity index (χ0) is 12.5. The van der Waals surface area contributed by atoms with Crippen LogP contribution in [0.2, 0.25) is 0 Å². The summed E-state index contributed by atoms with van der Waals surface area (Å²) in [5.74, 6) is -0.123. The molecule has 1 amide bonds. The number of rotatable bonds is 1. The lowest BCUT2D eigenvalue weighted by Gasteiger charge is -2.37. The molecule has 0 saturated carbocycles. The molecule has 0 aliphatic carbocycles. The molecule has 0 radical (unpaired) electrons. The average molecular weight is 241 g/mol. The van der Waals surface area contributed by atoms with Crippen LogP contribution in [-0.4, -0.2) is 17.4 Å². The van der Waals surface area contributed by atoms with Gasteiger partial charge in [-0.2, -0.15) is 0 Å². The molecule has 1 aromatic rings. The highest BCUT2D eigenvalue weighted by molar-refractivity contribution is 5.85. The van der Waals surface area contributed by atoms with E-state index in [4.69, 9.17) is 5.73 Å². The summed E-state index contributed by atoms with van der Waals surface area (Å²) in [7, 11) is 0. The summed E-state index contributed by atoms with van der Waals surface area (Å²) >= 11 is 0. The molecule has 2 aliphatic rings. The number of fused-ring (bicyclic) bond motifs is 1. The topological polar surface area (TPSA) is 58.4 Å². The van der Waals surface area contributed by atoms with E-state index in [1.165, 1.54) is 0 Å². The van der Waals surface area contributed by atoms with Crippen molar-refractivity contribution in [3.05, 3.63) is 59.8 Å². The number of amides is 1. The number of hydrogen-bond acceptors (Lipinski definition) is 3. The Morgan fingerprint density at radius 1 is 1.22 bits per heavy atom. The Morgan fingerprint density at radius 2 is 2.00 bits per heavy atom. The van der Waals surface area contributed by atoms with Crippen molar-refractivity contribution in [2.75, 3.05) is 6.54 Å². The molecule has 1 aromatic carbocycles.